The number of nitrogens with two attached hydrogens (primary N) is 1. The fourth-order valence-electron chi connectivity index (χ4n) is 3.46. The summed E-state index contributed by atoms with van der Waals surface area (Å²) in [5.41, 5.74) is 7.46. The normalized spacial score (nSPS) is 32.6. The van der Waals surface area contributed by atoms with Gasteiger partial charge in [-0.15, -0.1) is 0 Å². The molecule has 0 saturated carbocycles. The molecule has 0 aliphatic carbocycles. The number of rotatable bonds is 1. The molecule has 1 aromatic carbocycles. The molecule has 0 amide bonds. The largest absolute Gasteiger partial charge is 0.365 e. The third-order valence-corrected chi connectivity index (χ3v) is 4.39. The molecule has 2 aliphatic heterocycles. The van der Waals surface area contributed by atoms with E-state index in [1.165, 1.54) is 24.9 Å². The summed E-state index contributed by atoms with van der Waals surface area (Å²) >= 11 is 5.96. The Bertz CT molecular complexity index is 376. The zero-order valence-corrected chi connectivity index (χ0v) is 10.7. The first-order chi connectivity index (χ1) is 8.24. The van der Waals surface area contributed by atoms with Gasteiger partial charge in [0.05, 0.1) is 0 Å². The number of halogens is 1. The Hall–Kier alpha value is -0.730. The van der Waals surface area contributed by atoms with Crippen LogP contribution in [0.4, 0.5) is 5.69 Å². The average Bonchev–Trinajstić information content (AvgIpc) is 2.29. The van der Waals surface area contributed by atoms with E-state index in [0.29, 0.717) is 18.1 Å². The fourth-order valence-corrected chi connectivity index (χ4v) is 3.58. The Morgan fingerprint density at radius 2 is 1.65 bits per heavy atom. The third-order valence-electron chi connectivity index (χ3n) is 4.14. The minimum atomic E-state index is 0.397. The highest BCUT2D eigenvalue weighted by Crippen LogP contribution is 2.37. The minimum Gasteiger partial charge on any atom is -0.365 e. The Kier molecular flexibility index (Phi) is 3.01. The monoisotopic (exact) mass is 250 g/mol. The summed E-state index contributed by atoms with van der Waals surface area (Å²) in [7, 11) is 0. The molecule has 2 fully saturated rings. The molecule has 2 N–H and O–H groups in total. The van der Waals surface area contributed by atoms with Crippen LogP contribution in [0.2, 0.25) is 5.02 Å². The Labute approximate surface area is 108 Å². The fraction of sp³-hybridized carbons (Fsp3) is 0.571. The van der Waals surface area contributed by atoms with Crippen molar-refractivity contribution in [2.45, 2.75) is 50.2 Å². The first kappa shape index (κ1) is 11.4. The minimum absolute atomic E-state index is 0.397. The van der Waals surface area contributed by atoms with E-state index in [2.05, 4.69) is 17.0 Å². The van der Waals surface area contributed by atoms with Crippen molar-refractivity contribution in [1.29, 1.82) is 0 Å². The highest BCUT2D eigenvalue weighted by Gasteiger charge is 2.36. The molecule has 17 heavy (non-hydrogen) atoms. The highest BCUT2D eigenvalue weighted by molar-refractivity contribution is 6.30. The van der Waals surface area contributed by atoms with Gasteiger partial charge in [-0.1, -0.05) is 11.6 Å². The molecule has 3 heteroatoms. The van der Waals surface area contributed by atoms with Crippen LogP contribution in [-0.4, -0.2) is 18.1 Å². The molecule has 2 unspecified atom stereocenters. The summed E-state index contributed by atoms with van der Waals surface area (Å²) in [5, 5.41) is 0.813. The molecule has 2 saturated heterocycles. The van der Waals surface area contributed by atoms with Crippen LogP contribution in [0.1, 0.15) is 32.1 Å². The molecule has 2 heterocycles. The quantitative estimate of drug-likeness (QED) is 0.830. The van der Waals surface area contributed by atoms with Crippen LogP contribution in [0.15, 0.2) is 24.3 Å². The van der Waals surface area contributed by atoms with E-state index in [-0.39, 0.29) is 0 Å². The zero-order chi connectivity index (χ0) is 11.8. The topological polar surface area (TPSA) is 29.3 Å². The lowest BCUT2D eigenvalue weighted by Crippen LogP contribution is -2.55. The van der Waals surface area contributed by atoms with E-state index in [0.717, 1.165) is 17.9 Å². The number of hydrogen-bond acceptors (Lipinski definition) is 2. The molecule has 1 aromatic rings. The first-order valence-corrected chi connectivity index (χ1v) is 6.91. The van der Waals surface area contributed by atoms with Gasteiger partial charge < -0.3 is 10.6 Å². The molecule has 0 aromatic heterocycles. The Balaban J connectivity index is 1.89. The van der Waals surface area contributed by atoms with Crippen molar-refractivity contribution in [3.8, 4) is 0 Å². The molecular weight excluding hydrogens is 232 g/mol. The van der Waals surface area contributed by atoms with E-state index in [4.69, 9.17) is 17.3 Å². The van der Waals surface area contributed by atoms with Crippen molar-refractivity contribution in [3.05, 3.63) is 29.3 Å². The number of fused-ring (bicyclic) bond motifs is 2. The average molecular weight is 251 g/mol. The van der Waals surface area contributed by atoms with Gasteiger partial charge >= 0.3 is 0 Å². The standard InChI is InChI=1S/C14H19ClN2/c15-10-4-6-12(7-5-10)17-13-2-1-3-14(17)9-11(16)8-13/h4-7,11,13-14H,1-3,8-9,16H2. The summed E-state index contributed by atoms with van der Waals surface area (Å²) in [6.45, 7) is 0. The van der Waals surface area contributed by atoms with Crippen LogP contribution in [0.25, 0.3) is 0 Å². The SMILES string of the molecule is NC1CC2CCCC(C1)N2c1ccc(Cl)cc1. The first-order valence-electron chi connectivity index (χ1n) is 6.53. The molecule has 2 bridgehead atoms. The molecule has 92 valence electrons. The number of anilines is 1. The lowest BCUT2D eigenvalue weighted by molar-refractivity contribution is 0.271. The Morgan fingerprint density at radius 1 is 1.06 bits per heavy atom. The van der Waals surface area contributed by atoms with Crippen molar-refractivity contribution >= 4 is 17.3 Å². The van der Waals surface area contributed by atoms with Crippen molar-refractivity contribution in [2.75, 3.05) is 4.90 Å². The van der Waals surface area contributed by atoms with Crippen molar-refractivity contribution in [1.82, 2.24) is 0 Å². The number of benzene rings is 1. The second kappa shape index (κ2) is 4.51. The van der Waals surface area contributed by atoms with Gasteiger partial charge in [0, 0.05) is 28.8 Å². The van der Waals surface area contributed by atoms with Crippen LogP contribution < -0.4 is 10.6 Å². The van der Waals surface area contributed by atoms with Crippen LogP contribution in [0, 0.1) is 0 Å². The van der Waals surface area contributed by atoms with Gasteiger partial charge in [-0.05, 0) is 56.4 Å². The lowest BCUT2D eigenvalue weighted by atomic mass is 9.81. The van der Waals surface area contributed by atoms with Gasteiger partial charge in [-0.3, -0.25) is 0 Å². The Morgan fingerprint density at radius 3 is 2.24 bits per heavy atom. The summed E-state index contributed by atoms with van der Waals surface area (Å²) in [6.07, 6.45) is 6.20. The van der Waals surface area contributed by atoms with Crippen LogP contribution in [0.5, 0.6) is 0 Å². The zero-order valence-electron chi connectivity index (χ0n) is 9.98. The van der Waals surface area contributed by atoms with Gasteiger partial charge in [0.15, 0.2) is 0 Å². The van der Waals surface area contributed by atoms with E-state index in [1.54, 1.807) is 0 Å². The van der Waals surface area contributed by atoms with Gasteiger partial charge in [0.1, 0.15) is 0 Å². The molecule has 3 rings (SSSR count). The predicted molar refractivity (Wildman–Crippen MR) is 72.6 cm³/mol. The molecular formula is C14H19ClN2. The van der Waals surface area contributed by atoms with Gasteiger partial charge in [-0.25, -0.2) is 0 Å². The number of hydrogen-bond donors (Lipinski definition) is 1. The predicted octanol–water partition coefficient (Wildman–Crippen LogP) is 3.19. The highest BCUT2D eigenvalue weighted by atomic mass is 35.5. The second-order valence-electron chi connectivity index (χ2n) is 5.35. The van der Waals surface area contributed by atoms with Gasteiger partial charge in [-0.2, -0.15) is 0 Å². The van der Waals surface area contributed by atoms with Crippen LogP contribution in [-0.2, 0) is 0 Å². The maximum Gasteiger partial charge on any atom is 0.0407 e. The lowest BCUT2D eigenvalue weighted by Gasteiger charge is -2.49. The van der Waals surface area contributed by atoms with Crippen molar-refractivity contribution in [2.24, 2.45) is 5.73 Å². The van der Waals surface area contributed by atoms with E-state index < -0.39 is 0 Å². The van der Waals surface area contributed by atoms with E-state index in [1.807, 2.05) is 12.1 Å². The smallest absolute Gasteiger partial charge is 0.0407 e. The third kappa shape index (κ3) is 2.16. The second-order valence-corrected chi connectivity index (χ2v) is 5.79. The van der Waals surface area contributed by atoms with E-state index in [9.17, 15) is 0 Å². The molecule has 0 radical (unpaired) electrons. The maximum atomic E-state index is 6.14. The number of nitrogens with zero attached hydrogens (tertiary/aromatic N) is 1. The molecule has 2 atom stereocenters. The number of piperidine rings is 2. The summed E-state index contributed by atoms with van der Waals surface area (Å²) in [5.74, 6) is 0. The summed E-state index contributed by atoms with van der Waals surface area (Å²) in [4.78, 5) is 2.59. The van der Waals surface area contributed by atoms with Crippen molar-refractivity contribution < 1.29 is 0 Å². The van der Waals surface area contributed by atoms with Crippen LogP contribution in [0.3, 0.4) is 0 Å². The van der Waals surface area contributed by atoms with Gasteiger partial charge in [0.2, 0.25) is 0 Å². The summed E-state index contributed by atoms with van der Waals surface area (Å²) < 4.78 is 0. The molecule has 2 nitrogen and oxygen atoms in total. The maximum absolute atomic E-state index is 6.14. The van der Waals surface area contributed by atoms with E-state index >= 15 is 0 Å². The van der Waals surface area contributed by atoms with Crippen molar-refractivity contribution in [3.63, 3.8) is 0 Å². The van der Waals surface area contributed by atoms with Crippen LogP contribution >= 0.6 is 11.6 Å². The van der Waals surface area contributed by atoms with Gasteiger partial charge in [0.25, 0.3) is 0 Å². The molecule has 0 spiro atoms. The molecule has 2 aliphatic rings. The summed E-state index contributed by atoms with van der Waals surface area (Å²) in [6, 6.07) is 9.93.